The predicted octanol–water partition coefficient (Wildman–Crippen LogP) is 5.22. The van der Waals surface area contributed by atoms with Crippen molar-refractivity contribution in [3.63, 3.8) is 0 Å². The van der Waals surface area contributed by atoms with Crippen LogP contribution in [0.25, 0.3) is 11.1 Å². The standard InChI is InChI=1S/C26H30N2O3/c1-18-15-22(10-12-23(18)21-11-13-24(30-3)25(16-21)31-4)26(29)28-19(2)7-5-8-20-9-6-14-27-17-20/h6,9-17,19H,5,7-8H2,1-4H3,(H,28,29). The molecule has 0 saturated carbocycles. The fourth-order valence-corrected chi connectivity index (χ4v) is 3.67. The third-order valence-corrected chi connectivity index (χ3v) is 5.39. The second-order valence-corrected chi connectivity index (χ2v) is 7.73. The van der Waals surface area contributed by atoms with Crippen LogP contribution in [0.5, 0.6) is 11.5 Å². The number of ether oxygens (including phenoxy) is 2. The summed E-state index contributed by atoms with van der Waals surface area (Å²) in [6.45, 7) is 4.06. The normalized spacial score (nSPS) is 11.6. The first kappa shape index (κ1) is 22.3. The monoisotopic (exact) mass is 418 g/mol. The number of carbonyl (C=O) groups is 1. The van der Waals surface area contributed by atoms with Crippen molar-refractivity contribution in [2.45, 2.75) is 39.2 Å². The number of benzene rings is 2. The molecule has 0 radical (unpaired) electrons. The van der Waals surface area contributed by atoms with E-state index in [-0.39, 0.29) is 11.9 Å². The molecule has 0 bridgehead atoms. The molecule has 3 rings (SSSR count). The van der Waals surface area contributed by atoms with Gasteiger partial charge in [-0.15, -0.1) is 0 Å². The molecule has 0 spiro atoms. The van der Waals surface area contributed by atoms with Crippen molar-refractivity contribution in [3.05, 3.63) is 77.6 Å². The molecule has 1 heterocycles. The van der Waals surface area contributed by atoms with Crippen LogP contribution in [0.2, 0.25) is 0 Å². The zero-order chi connectivity index (χ0) is 22.2. The summed E-state index contributed by atoms with van der Waals surface area (Å²) in [5, 5.41) is 3.11. The fourth-order valence-electron chi connectivity index (χ4n) is 3.67. The van der Waals surface area contributed by atoms with Gasteiger partial charge in [0, 0.05) is 24.0 Å². The van der Waals surface area contributed by atoms with Crippen LogP contribution < -0.4 is 14.8 Å². The highest BCUT2D eigenvalue weighted by Gasteiger charge is 2.13. The lowest BCUT2D eigenvalue weighted by Crippen LogP contribution is -2.32. The van der Waals surface area contributed by atoms with Gasteiger partial charge in [-0.3, -0.25) is 9.78 Å². The van der Waals surface area contributed by atoms with Gasteiger partial charge in [0.25, 0.3) is 5.91 Å². The quantitative estimate of drug-likeness (QED) is 0.518. The highest BCUT2D eigenvalue weighted by Crippen LogP contribution is 2.33. The van der Waals surface area contributed by atoms with Crippen LogP contribution in [-0.4, -0.2) is 31.2 Å². The van der Waals surface area contributed by atoms with Crippen molar-refractivity contribution in [1.29, 1.82) is 0 Å². The van der Waals surface area contributed by atoms with Crippen LogP contribution in [0.4, 0.5) is 0 Å². The number of amides is 1. The zero-order valence-corrected chi connectivity index (χ0v) is 18.6. The van der Waals surface area contributed by atoms with E-state index in [0.29, 0.717) is 17.1 Å². The first-order chi connectivity index (χ1) is 15.0. The molecule has 0 aliphatic carbocycles. The van der Waals surface area contributed by atoms with Crippen LogP contribution in [0, 0.1) is 6.92 Å². The van der Waals surface area contributed by atoms with Crippen LogP contribution in [-0.2, 0) is 6.42 Å². The Morgan fingerprint density at radius 2 is 1.87 bits per heavy atom. The molecule has 5 heteroatoms. The van der Waals surface area contributed by atoms with E-state index < -0.39 is 0 Å². The number of hydrogen-bond acceptors (Lipinski definition) is 4. The van der Waals surface area contributed by atoms with E-state index in [4.69, 9.17) is 9.47 Å². The molecule has 162 valence electrons. The maximum Gasteiger partial charge on any atom is 0.251 e. The molecule has 31 heavy (non-hydrogen) atoms. The minimum absolute atomic E-state index is 0.0455. The van der Waals surface area contributed by atoms with Gasteiger partial charge in [0.2, 0.25) is 0 Å². The van der Waals surface area contributed by atoms with Crippen molar-refractivity contribution in [2.75, 3.05) is 14.2 Å². The van der Waals surface area contributed by atoms with Gasteiger partial charge in [-0.05, 0) is 85.7 Å². The molecule has 1 unspecified atom stereocenters. The molecule has 1 aromatic heterocycles. The molecule has 0 aliphatic heterocycles. The molecule has 0 fully saturated rings. The second kappa shape index (κ2) is 10.6. The number of hydrogen-bond donors (Lipinski definition) is 1. The van der Waals surface area contributed by atoms with E-state index in [9.17, 15) is 4.79 Å². The smallest absolute Gasteiger partial charge is 0.251 e. The molecule has 3 aromatic rings. The van der Waals surface area contributed by atoms with Gasteiger partial charge < -0.3 is 14.8 Å². The molecule has 0 saturated heterocycles. The first-order valence-electron chi connectivity index (χ1n) is 10.5. The SMILES string of the molecule is COc1ccc(-c2ccc(C(=O)NC(C)CCCc3cccnc3)cc2C)cc1OC. The van der Waals surface area contributed by atoms with Crippen molar-refractivity contribution < 1.29 is 14.3 Å². The molecule has 1 N–H and O–H groups in total. The Hall–Kier alpha value is -3.34. The van der Waals surface area contributed by atoms with E-state index in [1.54, 1.807) is 20.4 Å². The van der Waals surface area contributed by atoms with E-state index >= 15 is 0 Å². The lowest BCUT2D eigenvalue weighted by molar-refractivity contribution is 0.0938. The number of carbonyl (C=O) groups excluding carboxylic acids is 1. The average Bonchev–Trinajstić information content (AvgIpc) is 2.79. The van der Waals surface area contributed by atoms with Crippen LogP contribution >= 0.6 is 0 Å². The molecular formula is C26H30N2O3. The Kier molecular flexibility index (Phi) is 7.65. The Morgan fingerprint density at radius 3 is 2.55 bits per heavy atom. The molecule has 1 atom stereocenters. The average molecular weight is 419 g/mol. The van der Waals surface area contributed by atoms with Gasteiger partial charge in [0.05, 0.1) is 14.2 Å². The maximum atomic E-state index is 12.7. The van der Waals surface area contributed by atoms with Gasteiger partial charge in [0.1, 0.15) is 0 Å². The lowest BCUT2D eigenvalue weighted by Gasteiger charge is -2.15. The Bertz CT molecular complexity index is 1020. The van der Waals surface area contributed by atoms with Crippen LogP contribution in [0.3, 0.4) is 0 Å². The molecular weight excluding hydrogens is 388 g/mol. The highest BCUT2D eigenvalue weighted by molar-refractivity contribution is 5.95. The van der Waals surface area contributed by atoms with Crippen molar-refractivity contribution in [1.82, 2.24) is 10.3 Å². The summed E-state index contributed by atoms with van der Waals surface area (Å²) in [6.07, 6.45) is 6.57. The molecule has 5 nitrogen and oxygen atoms in total. The Balaban J connectivity index is 1.61. The summed E-state index contributed by atoms with van der Waals surface area (Å²) >= 11 is 0. The summed E-state index contributed by atoms with van der Waals surface area (Å²) < 4.78 is 10.7. The molecule has 0 aliphatic rings. The van der Waals surface area contributed by atoms with Crippen molar-refractivity contribution in [3.8, 4) is 22.6 Å². The summed E-state index contributed by atoms with van der Waals surface area (Å²) in [6, 6.07) is 15.8. The summed E-state index contributed by atoms with van der Waals surface area (Å²) in [5.74, 6) is 1.33. The largest absolute Gasteiger partial charge is 0.493 e. The van der Waals surface area contributed by atoms with Crippen molar-refractivity contribution in [2.24, 2.45) is 0 Å². The lowest BCUT2D eigenvalue weighted by atomic mass is 9.97. The fraction of sp³-hybridized carbons (Fsp3) is 0.308. The number of nitrogens with zero attached hydrogens (tertiary/aromatic N) is 1. The topological polar surface area (TPSA) is 60.5 Å². The number of rotatable bonds is 9. The van der Waals surface area contributed by atoms with Gasteiger partial charge in [-0.2, -0.15) is 0 Å². The van der Waals surface area contributed by atoms with E-state index in [0.717, 1.165) is 36.0 Å². The van der Waals surface area contributed by atoms with E-state index in [2.05, 4.69) is 16.4 Å². The zero-order valence-electron chi connectivity index (χ0n) is 18.6. The maximum absolute atomic E-state index is 12.7. The van der Waals surface area contributed by atoms with Gasteiger partial charge in [0.15, 0.2) is 11.5 Å². The minimum Gasteiger partial charge on any atom is -0.493 e. The van der Waals surface area contributed by atoms with Crippen LogP contribution in [0.1, 0.15) is 41.3 Å². The third kappa shape index (κ3) is 5.85. The number of aryl methyl sites for hydroxylation is 2. The Labute approximate surface area is 184 Å². The van der Waals surface area contributed by atoms with E-state index in [1.807, 2.05) is 62.5 Å². The molecule has 1 amide bonds. The first-order valence-corrected chi connectivity index (χ1v) is 10.5. The van der Waals surface area contributed by atoms with Gasteiger partial charge in [-0.1, -0.05) is 18.2 Å². The summed E-state index contributed by atoms with van der Waals surface area (Å²) in [5.41, 5.74) is 5.00. The Morgan fingerprint density at radius 1 is 1.06 bits per heavy atom. The number of nitrogens with one attached hydrogen (secondary N) is 1. The third-order valence-electron chi connectivity index (χ3n) is 5.39. The summed E-state index contributed by atoms with van der Waals surface area (Å²) in [7, 11) is 3.25. The second-order valence-electron chi connectivity index (χ2n) is 7.73. The van der Waals surface area contributed by atoms with Gasteiger partial charge in [-0.25, -0.2) is 0 Å². The minimum atomic E-state index is -0.0455. The number of pyridine rings is 1. The van der Waals surface area contributed by atoms with Crippen molar-refractivity contribution >= 4 is 5.91 Å². The predicted molar refractivity (Wildman–Crippen MR) is 124 cm³/mol. The number of methoxy groups -OCH3 is 2. The van der Waals surface area contributed by atoms with Crippen LogP contribution in [0.15, 0.2) is 60.9 Å². The van der Waals surface area contributed by atoms with E-state index in [1.165, 1.54) is 5.56 Å². The van der Waals surface area contributed by atoms with Gasteiger partial charge >= 0.3 is 0 Å². The molecule has 2 aromatic carbocycles. The summed E-state index contributed by atoms with van der Waals surface area (Å²) in [4.78, 5) is 16.9. The number of aromatic nitrogens is 1. The highest BCUT2D eigenvalue weighted by atomic mass is 16.5.